The molecule has 1 aliphatic heterocycles. The minimum absolute atomic E-state index is 0.0403. The Hall–Kier alpha value is -0.950. The molecule has 0 spiro atoms. The highest BCUT2D eigenvalue weighted by Gasteiger charge is 2.32. The van der Waals surface area contributed by atoms with Gasteiger partial charge < -0.3 is 5.73 Å². The number of hydrogen-bond acceptors (Lipinski definition) is 5. The first-order valence-electron chi connectivity index (χ1n) is 5.68. The van der Waals surface area contributed by atoms with E-state index in [4.69, 9.17) is 5.73 Å². The number of sulfone groups is 1. The lowest BCUT2D eigenvalue weighted by atomic mass is 10.0. The second-order valence-corrected chi connectivity index (χ2v) is 6.54. The lowest BCUT2D eigenvalue weighted by molar-refractivity contribution is -0.131. The van der Waals surface area contributed by atoms with Gasteiger partial charge in [-0.05, 0) is 19.9 Å². The Bertz CT molecular complexity index is 417. The molecule has 1 atom stereocenters. The summed E-state index contributed by atoms with van der Waals surface area (Å²) >= 11 is 0. The molecule has 1 unspecified atom stereocenters. The summed E-state index contributed by atoms with van der Waals surface area (Å²) in [5, 5.41) is 5.34. The maximum Gasteiger partial charge on any atom is 0.251 e. The van der Waals surface area contributed by atoms with Gasteiger partial charge in [0.2, 0.25) is 0 Å². The smallest absolute Gasteiger partial charge is 0.251 e. The molecule has 0 aromatic carbocycles. The van der Waals surface area contributed by atoms with Crippen LogP contribution in [-0.4, -0.2) is 49.6 Å². The van der Waals surface area contributed by atoms with E-state index in [0.29, 0.717) is 18.7 Å². The van der Waals surface area contributed by atoms with Gasteiger partial charge in [0, 0.05) is 11.5 Å². The van der Waals surface area contributed by atoms with Crippen LogP contribution in [0, 0.1) is 5.92 Å². The molecule has 6 nitrogen and oxygen atoms in total. The molecule has 98 valence electrons. The molecule has 0 bridgehead atoms. The molecule has 0 saturated heterocycles. The van der Waals surface area contributed by atoms with E-state index < -0.39 is 9.84 Å². The third kappa shape index (κ3) is 3.50. The van der Waals surface area contributed by atoms with E-state index in [9.17, 15) is 13.2 Å². The van der Waals surface area contributed by atoms with Crippen molar-refractivity contribution in [2.75, 3.05) is 24.6 Å². The van der Waals surface area contributed by atoms with E-state index in [1.807, 2.05) is 0 Å². The Morgan fingerprint density at radius 3 is 2.65 bits per heavy atom. The van der Waals surface area contributed by atoms with Crippen molar-refractivity contribution in [2.24, 2.45) is 16.8 Å². The third-order valence-corrected chi connectivity index (χ3v) is 4.53. The zero-order valence-electron chi connectivity index (χ0n) is 10.2. The first-order valence-corrected chi connectivity index (χ1v) is 7.50. The normalized spacial score (nSPS) is 20.9. The van der Waals surface area contributed by atoms with E-state index in [-0.39, 0.29) is 29.9 Å². The van der Waals surface area contributed by atoms with Crippen LogP contribution in [0.5, 0.6) is 0 Å². The van der Waals surface area contributed by atoms with Gasteiger partial charge in [0.1, 0.15) is 0 Å². The Morgan fingerprint density at radius 1 is 1.47 bits per heavy atom. The zero-order chi connectivity index (χ0) is 13.1. The van der Waals surface area contributed by atoms with Gasteiger partial charge in [0.05, 0.1) is 18.2 Å². The van der Waals surface area contributed by atoms with Crippen LogP contribution >= 0.6 is 0 Å². The molecule has 0 aromatic heterocycles. The van der Waals surface area contributed by atoms with E-state index in [1.165, 1.54) is 5.01 Å². The molecule has 1 heterocycles. The van der Waals surface area contributed by atoms with Crippen molar-refractivity contribution >= 4 is 21.5 Å². The summed E-state index contributed by atoms with van der Waals surface area (Å²) in [4.78, 5) is 11.9. The highest BCUT2D eigenvalue weighted by Crippen LogP contribution is 2.18. The predicted octanol–water partition coefficient (Wildman–Crippen LogP) is -0.396. The van der Waals surface area contributed by atoms with E-state index >= 15 is 0 Å². The van der Waals surface area contributed by atoms with Crippen molar-refractivity contribution in [3.05, 3.63) is 0 Å². The first kappa shape index (κ1) is 14.1. The summed E-state index contributed by atoms with van der Waals surface area (Å²) in [6, 6.07) is 0. The molecule has 2 N–H and O–H groups in total. The maximum atomic E-state index is 11.9. The topological polar surface area (TPSA) is 92.8 Å². The lowest BCUT2D eigenvalue weighted by Crippen LogP contribution is -2.32. The lowest BCUT2D eigenvalue weighted by Gasteiger charge is -2.13. The summed E-state index contributed by atoms with van der Waals surface area (Å²) in [7, 11) is -3.07. The number of nitrogens with zero attached hydrogens (tertiary/aromatic N) is 2. The summed E-state index contributed by atoms with van der Waals surface area (Å²) in [5.41, 5.74) is 6.14. The van der Waals surface area contributed by atoms with Crippen LogP contribution in [0.1, 0.15) is 20.3 Å². The second-order valence-electron chi connectivity index (χ2n) is 4.07. The van der Waals surface area contributed by atoms with Gasteiger partial charge in [-0.3, -0.25) is 4.79 Å². The fourth-order valence-corrected chi connectivity index (χ4v) is 2.44. The van der Waals surface area contributed by atoms with Crippen molar-refractivity contribution in [2.45, 2.75) is 20.3 Å². The Labute approximate surface area is 102 Å². The second kappa shape index (κ2) is 5.59. The van der Waals surface area contributed by atoms with Crippen LogP contribution in [0.2, 0.25) is 0 Å². The van der Waals surface area contributed by atoms with Gasteiger partial charge in [-0.1, -0.05) is 6.92 Å². The molecule has 0 aliphatic carbocycles. The Morgan fingerprint density at radius 2 is 2.12 bits per heavy atom. The number of hydrogen-bond donors (Lipinski definition) is 1. The fourth-order valence-electron chi connectivity index (χ4n) is 1.70. The highest BCUT2D eigenvalue weighted by atomic mass is 32.2. The van der Waals surface area contributed by atoms with E-state index in [0.717, 1.165) is 0 Å². The van der Waals surface area contributed by atoms with E-state index in [1.54, 1.807) is 13.8 Å². The van der Waals surface area contributed by atoms with Gasteiger partial charge in [0.25, 0.3) is 5.91 Å². The average molecular weight is 261 g/mol. The fraction of sp³-hybridized carbons (Fsp3) is 0.800. The van der Waals surface area contributed by atoms with Crippen molar-refractivity contribution in [3.8, 4) is 0 Å². The van der Waals surface area contributed by atoms with E-state index in [2.05, 4.69) is 5.10 Å². The van der Waals surface area contributed by atoms with Crippen LogP contribution in [0.15, 0.2) is 5.10 Å². The largest absolute Gasteiger partial charge is 0.330 e. The monoisotopic (exact) mass is 261 g/mol. The maximum absolute atomic E-state index is 11.9. The van der Waals surface area contributed by atoms with Crippen molar-refractivity contribution in [1.29, 1.82) is 0 Å². The summed E-state index contributed by atoms with van der Waals surface area (Å²) in [5.74, 6) is -0.366. The molecule has 7 heteroatoms. The van der Waals surface area contributed by atoms with Gasteiger partial charge in [-0.25, -0.2) is 13.4 Å². The molecule has 17 heavy (non-hydrogen) atoms. The minimum atomic E-state index is -3.07. The van der Waals surface area contributed by atoms with Gasteiger partial charge in [-0.15, -0.1) is 0 Å². The quantitative estimate of drug-likeness (QED) is 0.704. The van der Waals surface area contributed by atoms with Crippen molar-refractivity contribution < 1.29 is 13.2 Å². The number of amides is 1. The number of carbonyl (C=O) groups is 1. The molecule has 1 rings (SSSR count). The van der Waals surface area contributed by atoms with Crippen LogP contribution in [0.4, 0.5) is 0 Å². The number of rotatable bonds is 6. The van der Waals surface area contributed by atoms with Gasteiger partial charge >= 0.3 is 0 Å². The average Bonchev–Trinajstić information content (AvgIpc) is 2.55. The molecule has 1 aliphatic rings. The molecule has 1 amide bonds. The van der Waals surface area contributed by atoms with Crippen LogP contribution in [-0.2, 0) is 14.6 Å². The van der Waals surface area contributed by atoms with Gasteiger partial charge in [-0.2, -0.15) is 5.10 Å². The molecule has 0 radical (unpaired) electrons. The Kier molecular flexibility index (Phi) is 4.64. The molecular formula is C10H19N3O3S. The number of hydrazone groups is 1. The van der Waals surface area contributed by atoms with Crippen LogP contribution in [0.25, 0.3) is 0 Å². The minimum Gasteiger partial charge on any atom is -0.330 e. The SMILES string of the molecule is CCS(=O)(=O)CCN1N=C(C)C(CCN)C1=O. The Balaban J connectivity index is 2.61. The summed E-state index contributed by atoms with van der Waals surface area (Å²) in [6.45, 7) is 3.91. The summed E-state index contributed by atoms with van der Waals surface area (Å²) in [6.07, 6.45) is 0.561. The van der Waals surface area contributed by atoms with Crippen LogP contribution < -0.4 is 5.73 Å². The highest BCUT2D eigenvalue weighted by molar-refractivity contribution is 7.91. The zero-order valence-corrected chi connectivity index (χ0v) is 11.0. The standard InChI is InChI=1S/C10H19N3O3S/c1-3-17(15,16)7-6-13-10(14)9(4-5-11)8(2)12-13/h9H,3-7,11H2,1-2H3. The van der Waals surface area contributed by atoms with Crippen molar-refractivity contribution in [1.82, 2.24) is 5.01 Å². The van der Waals surface area contributed by atoms with Crippen LogP contribution in [0.3, 0.4) is 0 Å². The molecular weight excluding hydrogens is 242 g/mol. The first-order chi connectivity index (χ1) is 7.91. The van der Waals surface area contributed by atoms with Gasteiger partial charge in [0.15, 0.2) is 9.84 Å². The third-order valence-electron chi connectivity index (χ3n) is 2.84. The van der Waals surface area contributed by atoms with Crippen molar-refractivity contribution in [3.63, 3.8) is 0 Å². The number of carbonyl (C=O) groups excluding carboxylic acids is 1. The molecule has 0 fully saturated rings. The number of nitrogens with two attached hydrogens (primary N) is 1. The summed E-state index contributed by atoms with van der Waals surface area (Å²) < 4.78 is 22.7. The predicted molar refractivity (Wildman–Crippen MR) is 66.3 cm³/mol. The molecule has 0 saturated carbocycles. The molecule has 0 aromatic rings.